The van der Waals surface area contributed by atoms with E-state index in [2.05, 4.69) is 15.3 Å². The highest BCUT2D eigenvalue weighted by molar-refractivity contribution is 5.92. The van der Waals surface area contributed by atoms with Crippen molar-refractivity contribution in [3.05, 3.63) is 34.9 Å². The quantitative estimate of drug-likeness (QED) is 0.845. The maximum absolute atomic E-state index is 12.6. The molecule has 2 N–H and O–H groups in total. The molecule has 1 spiro atoms. The molecule has 4 rings (SSSR count). The minimum atomic E-state index is -0.196. The van der Waals surface area contributed by atoms with Crippen molar-refractivity contribution < 1.29 is 4.79 Å². The third-order valence-corrected chi connectivity index (χ3v) is 5.53. The van der Waals surface area contributed by atoms with Gasteiger partial charge in [0.25, 0.3) is 5.56 Å². The second-order valence-electron chi connectivity index (χ2n) is 7.13. The van der Waals surface area contributed by atoms with E-state index in [1.807, 2.05) is 4.90 Å². The van der Waals surface area contributed by atoms with E-state index in [0.29, 0.717) is 22.0 Å². The summed E-state index contributed by atoms with van der Waals surface area (Å²) in [5.74, 6) is 0. The number of nitrogens with one attached hydrogen (secondary N) is 2. The van der Waals surface area contributed by atoms with Gasteiger partial charge in [-0.2, -0.15) is 0 Å². The van der Waals surface area contributed by atoms with Crippen LogP contribution < -0.4 is 10.9 Å². The van der Waals surface area contributed by atoms with Crippen LogP contribution >= 0.6 is 0 Å². The highest BCUT2D eigenvalue weighted by atomic mass is 16.2. The number of carbonyl (C=O) groups excluding carboxylic acids is 1. The molecule has 2 heterocycles. The smallest absolute Gasteiger partial charge is 0.321 e. The van der Waals surface area contributed by atoms with E-state index in [9.17, 15) is 9.59 Å². The number of benzene rings is 1. The molecule has 0 atom stereocenters. The van der Waals surface area contributed by atoms with Crippen LogP contribution in [0.2, 0.25) is 0 Å². The van der Waals surface area contributed by atoms with Crippen LogP contribution in [0.25, 0.3) is 10.9 Å². The van der Waals surface area contributed by atoms with Crippen LogP contribution in [-0.2, 0) is 0 Å². The van der Waals surface area contributed by atoms with Crippen molar-refractivity contribution in [2.24, 2.45) is 5.41 Å². The van der Waals surface area contributed by atoms with Crippen molar-refractivity contribution in [1.82, 2.24) is 14.9 Å². The average molecular weight is 326 g/mol. The molecule has 2 fully saturated rings. The Kier molecular flexibility index (Phi) is 3.75. The number of hydrogen-bond donors (Lipinski definition) is 2. The van der Waals surface area contributed by atoms with E-state index in [1.54, 1.807) is 18.2 Å². The summed E-state index contributed by atoms with van der Waals surface area (Å²) in [5.41, 5.74) is 1.41. The van der Waals surface area contributed by atoms with Crippen LogP contribution in [0.15, 0.2) is 29.3 Å². The number of aromatic nitrogens is 2. The zero-order valence-electron chi connectivity index (χ0n) is 13.7. The zero-order chi connectivity index (χ0) is 16.6. The first kappa shape index (κ1) is 15.2. The van der Waals surface area contributed by atoms with Gasteiger partial charge in [0.05, 0.1) is 17.2 Å². The van der Waals surface area contributed by atoms with E-state index in [1.165, 1.54) is 38.4 Å². The summed E-state index contributed by atoms with van der Waals surface area (Å²) >= 11 is 0. The number of anilines is 1. The first-order valence-corrected chi connectivity index (χ1v) is 8.69. The first-order chi connectivity index (χ1) is 11.7. The number of H-pyrrole nitrogens is 1. The topological polar surface area (TPSA) is 78.1 Å². The van der Waals surface area contributed by atoms with Gasteiger partial charge in [-0.25, -0.2) is 9.78 Å². The number of hydrogen-bond acceptors (Lipinski definition) is 3. The number of urea groups is 1. The monoisotopic (exact) mass is 326 g/mol. The lowest BCUT2D eigenvalue weighted by Gasteiger charge is -2.33. The number of amides is 2. The lowest BCUT2D eigenvalue weighted by Crippen LogP contribution is -2.36. The van der Waals surface area contributed by atoms with E-state index in [-0.39, 0.29) is 11.6 Å². The SMILES string of the molecule is O=C(Nc1ccc2nc[nH]c(=O)c2c1)N1CCC2(CCCCC2)C1. The first-order valence-electron chi connectivity index (χ1n) is 8.69. The lowest BCUT2D eigenvalue weighted by atomic mass is 9.73. The van der Waals surface area contributed by atoms with Crippen LogP contribution in [0.3, 0.4) is 0 Å². The predicted molar refractivity (Wildman–Crippen MR) is 93.1 cm³/mol. The molecule has 1 aromatic carbocycles. The summed E-state index contributed by atoms with van der Waals surface area (Å²) in [7, 11) is 0. The normalized spacial score (nSPS) is 19.8. The maximum atomic E-state index is 12.6. The summed E-state index contributed by atoms with van der Waals surface area (Å²) in [6.45, 7) is 1.68. The molecule has 0 bridgehead atoms. The number of fused-ring (bicyclic) bond motifs is 1. The molecule has 2 aliphatic rings. The molecule has 1 aromatic heterocycles. The largest absolute Gasteiger partial charge is 0.324 e. The Morgan fingerprint density at radius 2 is 2.04 bits per heavy atom. The Hall–Kier alpha value is -2.37. The van der Waals surface area contributed by atoms with Crippen molar-refractivity contribution in [2.75, 3.05) is 18.4 Å². The van der Waals surface area contributed by atoms with Gasteiger partial charge < -0.3 is 15.2 Å². The van der Waals surface area contributed by atoms with Crippen LogP contribution in [0, 0.1) is 5.41 Å². The summed E-state index contributed by atoms with van der Waals surface area (Å²) in [5, 5.41) is 3.42. The highest BCUT2D eigenvalue weighted by Crippen LogP contribution is 2.43. The number of likely N-dealkylation sites (tertiary alicyclic amines) is 1. The molecule has 2 aromatic rings. The van der Waals surface area contributed by atoms with Gasteiger partial charge in [0.2, 0.25) is 0 Å². The molecule has 1 saturated carbocycles. The number of rotatable bonds is 1. The fourth-order valence-electron chi connectivity index (χ4n) is 4.17. The summed E-state index contributed by atoms with van der Waals surface area (Å²) < 4.78 is 0. The van der Waals surface area contributed by atoms with Crippen molar-refractivity contribution in [3.8, 4) is 0 Å². The van der Waals surface area contributed by atoms with Gasteiger partial charge in [-0.3, -0.25) is 4.79 Å². The van der Waals surface area contributed by atoms with E-state index < -0.39 is 0 Å². The fourth-order valence-corrected chi connectivity index (χ4v) is 4.17. The molecule has 1 aliphatic carbocycles. The van der Waals surface area contributed by atoms with Gasteiger partial charge in [0.1, 0.15) is 0 Å². The van der Waals surface area contributed by atoms with Crippen LogP contribution in [0.1, 0.15) is 38.5 Å². The molecule has 1 aliphatic heterocycles. The van der Waals surface area contributed by atoms with Gasteiger partial charge in [-0.1, -0.05) is 19.3 Å². The maximum Gasteiger partial charge on any atom is 0.321 e. The summed E-state index contributed by atoms with van der Waals surface area (Å²) in [4.78, 5) is 33.0. The minimum absolute atomic E-state index is 0.0721. The van der Waals surface area contributed by atoms with Gasteiger partial charge in [0.15, 0.2) is 0 Å². The standard InChI is InChI=1S/C18H22N4O2/c23-16-14-10-13(4-5-15(14)19-12-20-16)21-17(24)22-9-8-18(11-22)6-2-1-3-7-18/h4-5,10,12H,1-3,6-9,11H2,(H,21,24)(H,19,20,23). The molecule has 126 valence electrons. The number of carbonyl (C=O) groups is 1. The zero-order valence-corrected chi connectivity index (χ0v) is 13.7. The Balaban J connectivity index is 1.48. The summed E-state index contributed by atoms with van der Waals surface area (Å²) in [6, 6.07) is 5.16. The lowest BCUT2D eigenvalue weighted by molar-refractivity contribution is 0.184. The molecule has 2 amide bonds. The fraction of sp³-hybridized carbons (Fsp3) is 0.500. The van der Waals surface area contributed by atoms with Crippen LogP contribution in [0.4, 0.5) is 10.5 Å². The Bertz CT molecular complexity index is 823. The molecule has 0 radical (unpaired) electrons. The third kappa shape index (κ3) is 2.77. The molecule has 6 heteroatoms. The van der Waals surface area contributed by atoms with E-state index in [0.717, 1.165) is 19.5 Å². The van der Waals surface area contributed by atoms with Crippen LogP contribution in [-0.4, -0.2) is 34.0 Å². The molecular formula is C18H22N4O2. The highest BCUT2D eigenvalue weighted by Gasteiger charge is 2.40. The van der Waals surface area contributed by atoms with Crippen molar-refractivity contribution in [2.45, 2.75) is 38.5 Å². The second kappa shape index (κ2) is 5.92. The van der Waals surface area contributed by atoms with Crippen molar-refractivity contribution >= 4 is 22.6 Å². The molecule has 1 saturated heterocycles. The Morgan fingerprint density at radius 1 is 1.21 bits per heavy atom. The van der Waals surface area contributed by atoms with Gasteiger partial charge in [-0.15, -0.1) is 0 Å². The second-order valence-corrected chi connectivity index (χ2v) is 7.13. The van der Waals surface area contributed by atoms with Crippen molar-refractivity contribution in [1.29, 1.82) is 0 Å². The van der Waals surface area contributed by atoms with E-state index >= 15 is 0 Å². The van der Waals surface area contributed by atoms with Crippen molar-refractivity contribution in [3.63, 3.8) is 0 Å². The van der Waals surface area contributed by atoms with Gasteiger partial charge >= 0.3 is 6.03 Å². The number of nitrogens with zero attached hydrogens (tertiary/aromatic N) is 2. The molecular weight excluding hydrogens is 304 g/mol. The Labute approximate surface area is 140 Å². The minimum Gasteiger partial charge on any atom is -0.324 e. The third-order valence-electron chi connectivity index (χ3n) is 5.53. The molecule has 6 nitrogen and oxygen atoms in total. The number of aromatic amines is 1. The van der Waals surface area contributed by atoms with Gasteiger partial charge in [0, 0.05) is 18.8 Å². The van der Waals surface area contributed by atoms with Crippen LogP contribution in [0.5, 0.6) is 0 Å². The molecule has 0 unspecified atom stereocenters. The average Bonchev–Trinajstić information content (AvgIpc) is 3.00. The Morgan fingerprint density at radius 3 is 2.88 bits per heavy atom. The van der Waals surface area contributed by atoms with E-state index in [4.69, 9.17) is 0 Å². The summed E-state index contributed by atoms with van der Waals surface area (Å²) in [6.07, 6.45) is 8.89. The van der Waals surface area contributed by atoms with Gasteiger partial charge in [-0.05, 0) is 42.9 Å². The predicted octanol–water partition coefficient (Wildman–Crippen LogP) is 3.11. The molecule has 24 heavy (non-hydrogen) atoms.